The molecule has 0 unspecified atom stereocenters. The number of hydrogen-bond donors (Lipinski definition) is 1. The Labute approximate surface area is 80.5 Å². The lowest BCUT2D eigenvalue weighted by Crippen LogP contribution is -2.26. The van der Waals surface area contributed by atoms with Crippen LogP contribution in [0.4, 0.5) is 0 Å². The number of nitrogens with zero attached hydrogens (tertiary/aromatic N) is 2. The first-order valence-corrected chi connectivity index (χ1v) is 4.59. The van der Waals surface area contributed by atoms with Gasteiger partial charge >= 0.3 is 0 Å². The van der Waals surface area contributed by atoms with E-state index in [1.807, 2.05) is 17.5 Å². The van der Waals surface area contributed by atoms with Gasteiger partial charge in [0, 0.05) is 11.9 Å². The molecule has 0 aliphatic rings. The van der Waals surface area contributed by atoms with Gasteiger partial charge < -0.3 is 5.73 Å². The van der Waals surface area contributed by atoms with E-state index in [1.54, 1.807) is 24.6 Å². The number of rotatable bonds is 2. The highest BCUT2D eigenvalue weighted by atomic mass is 32.1. The fraction of sp³-hybridized carbons (Fsp3) is 0.143. The average molecular weight is 199 g/mol. The highest BCUT2D eigenvalue weighted by Gasteiger charge is 1.93. The Morgan fingerprint density at radius 1 is 1.83 bits per heavy atom. The molecular weight excluding hydrogens is 190 g/mol. The zero-order chi connectivity index (χ0) is 8.97. The first-order valence-electron chi connectivity index (χ1n) is 3.31. The minimum absolute atomic E-state index is 0.266. The Hall–Kier alpha value is -0.940. The van der Waals surface area contributed by atoms with E-state index >= 15 is 0 Å². The predicted octanol–water partition coefficient (Wildman–Crippen LogP) is 1.26. The highest BCUT2D eigenvalue weighted by molar-refractivity contribution is 7.80. The predicted molar refractivity (Wildman–Crippen MR) is 56.5 cm³/mol. The van der Waals surface area contributed by atoms with Crippen molar-refractivity contribution in [2.45, 2.75) is 0 Å². The van der Waals surface area contributed by atoms with Crippen LogP contribution >= 0.6 is 23.6 Å². The van der Waals surface area contributed by atoms with Gasteiger partial charge in [-0.15, -0.1) is 11.3 Å². The summed E-state index contributed by atoms with van der Waals surface area (Å²) in [4.78, 5) is 1.08. The van der Waals surface area contributed by atoms with Crippen molar-refractivity contribution in [2.75, 3.05) is 7.05 Å². The third-order valence-corrected chi connectivity index (χ3v) is 2.29. The lowest BCUT2D eigenvalue weighted by Gasteiger charge is -2.07. The van der Waals surface area contributed by atoms with Crippen LogP contribution < -0.4 is 5.73 Å². The summed E-state index contributed by atoms with van der Waals surface area (Å²) in [6.07, 6.45) is 1.73. The van der Waals surface area contributed by atoms with Gasteiger partial charge in [0.05, 0.1) is 6.21 Å². The van der Waals surface area contributed by atoms with Gasteiger partial charge in [-0.3, -0.25) is 0 Å². The van der Waals surface area contributed by atoms with Crippen molar-refractivity contribution in [2.24, 2.45) is 10.8 Å². The SMILES string of the molecule is CN(/N=C/c1cccs1)C(N)=S. The zero-order valence-corrected chi connectivity index (χ0v) is 8.23. The van der Waals surface area contributed by atoms with Crippen molar-refractivity contribution in [3.05, 3.63) is 22.4 Å². The van der Waals surface area contributed by atoms with Crippen molar-refractivity contribution in [1.82, 2.24) is 5.01 Å². The van der Waals surface area contributed by atoms with Crippen LogP contribution in [0.3, 0.4) is 0 Å². The maximum absolute atomic E-state index is 5.32. The van der Waals surface area contributed by atoms with Crippen LogP contribution in [0.5, 0.6) is 0 Å². The molecule has 64 valence electrons. The molecule has 5 heteroatoms. The molecule has 0 radical (unpaired) electrons. The fourth-order valence-electron chi connectivity index (χ4n) is 0.565. The average Bonchev–Trinajstić information content (AvgIpc) is 2.51. The maximum atomic E-state index is 5.32. The summed E-state index contributed by atoms with van der Waals surface area (Å²) in [6, 6.07) is 3.94. The molecular formula is C7H9N3S2. The quantitative estimate of drug-likeness (QED) is 0.443. The van der Waals surface area contributed by atoms with E-state index in [9.17, 15) is 0 Å². The summed E-state index contributed by atoms with van der Waals surface area (Å²) in [5.74, 6) is 0. The van der Waals surface area contributed by atoms with Gasteiger partial charge in [0.1, 0.15) is 0 Å². The molecule has 0 saturated heterocycles. The van der Waals surface area contributed by atoms with Crippen LogP contribution in [0.15, 0.2) is 22.6 Å². The van der Waals surface area contributed by atoms with Gasteiger partial charge in [-0.25, -0.2) is 5.01 Å². The minimum atomic E-state index is 0.266. The second kappa shape index (κ2) is 4.18. The lowest BCUT2D eigenvalue weighted by molar-refractivity contribution is 0.552. The van der Waals surface area contributed by atoms with E-state index in [0.717, 1.165) is 4.88 Å². The molecule has 1 aromatic rings. The lowest BCUT2D eigenvalue weighted by atomic mass is 10.5. The molecule has 0 bridgehead atoms. The molecule has 1 rings (SSSR count). The van der Waals surface area contributed by atoms with Gasteiger partial charge in [-0.2, -0.15) is 5.10 Å². The number of thiocarbonyl (C=S) groups is 1. The first-order chi connectivity index (χ1) is 5.70. The summed E-state index contributed by atoms with van der Waals surface area (Å²) in [7, 11) is 1.71. The second-order valence-electron chi connectivity index (χ2n) is 2.12. The van der Waals surface area contributed by atoms with Gasteiger partial charge in [0.2, 0.25) is 0 Å². The molecule has 0 saturated carbocycles. The standard InChI is InChI=1S/C7H9N3S2/c1-10(7(8)11)9-5-6-3-2-4-12-6/h2-5H,1H3,(H2,8,11)/b9-5+. The largest absolute Gasteiger partial charge is 0.375 e. The summed E-state index contributed by atoms with van der Waals surface area (Å²) in [6.45, 7) is 0. The normalized spacial score (nSPS) is 10.4. The van der Waals surface area contributed by atoms with Crippen molar-refractivity contribution in [1.29, 1.82) is 0 Å². The number of nitrogens with two attached hydrogens (primary N) is 1. The van der Waals surface area contributed by atoms with E-state index in [-0.39, 0.29) is 5.11 Å². The van der Waals surface area contributed by atoms with Gasteiger partial charge in [-0.05, 0) is 23.7 Å². The first kappa shape index (κ1) is 9.15. The molecule has 0 aliphatic carbocycles. The van der Waals surface area contributed by atoms with E-state index in [4.69, 9.17) is 18.0 Å². The number of hydrogen-bond acceptors (Lipinski definition) is 3. The summed E-state index contributed by atoms with van der Waals surface area (Å²) in [5, 5.41) is 7.73. The summed E-state index contributed by atoms with van der Waals surface area (Å²) >= 11 is 6.32. The fourth-order valence-corrected chi connectivity index (χ4v) is 1.19. The van der Waals surface area contributed by atoms with Crippen LogP contribution in [0.1, 0.15) is 4.88 Å². The molecule has 0 aromatic carbocycles. The smallest absolute Gasteiger partial charge is 0.186 e. The second-order valence-corrected chi connectivity index (χ2v) is 3.52. The van der Waals surface area contributed by atoms with Gasteiger partial charge in [0.25, 0.3) is 0 Å². The zero-order valence-electron chi connectivity index (χ0n) is 6.60. The van der Waals surface area contributed by atoms with Crippen molar-refractivity contribution in [3.8, 4) is 0 Å². The molecule has 0 atom stereocenters. The number of thiophene rings is 1. The summed E-state index contributed by atoms with van der Waals surface area (Å²) < 4.78 is 0. The van der Waals surface area contributed by atoms with E-state index in [1.165, 1.54) is 5.01 Å². The van der Waals surface area contributed by atoms with E-state index < -0.39 is 0 Å². The maximum Gasteiger partial charge on any atom is 0.186 e. The molecule has 12 heavy (non-hydrogen) atoms. The van der Waals surface area contributed by atoms with Gasteiger partial charge in [0.15, 0.2) is 5.11 Å². The van der Waals surface area contributed by atoms with Crippen LogP contribution in [0.2, 0.25) is 0 Å². The monoisotopic (exact) mass is 199 g/mol. The Morgan fingerprint density at radius 3 is 3.08 bits per heavy atom. The van der Waals surface area contributed by atoms with E-state index in [2.05, 4.69) is 5.10 Å². The minimum Gasteiger partial charge on any atom is -0.375 e. The Bertz CT molecular complexity index is 279. The van der Waals surface area contributed by atoms with Crippen molar-refractivity contribution >= 4 is 34.9 Å². The Morgan fingerprint density at radius 2 is 2.58 bits per heavy atom. The third-order valence-electron chi connectivity index (χ3n) is 1.22. The molecule has 3 nitrogen and oxygen atoms in total. The van der Waals surface area contributed by atoms with Crippen molar-refractivity contribution in [3.63, 3.8) is 0 Å². The topological polar surface area (TPSA) is 41.6 Å². The van der Waals surface area contributed by atoms with Crippen LogP contribution in [0, 0.1) is 0 Å². The summed E-state index contributed by atoms with van der Waals surface area (Å²) in [5.41, 5.74) is 5.32. The molecule has 0 fully saturated rings. The van der Waals surface area contributed by atoms with Gasteiger partial charge in [-0.1, -0.05) is 6.07 Å². The molecule has 2 N–H and O–H groups in total. The molecule has 0 spiro atoms. The molecule has 1 heterocycles. The van der Waals surface area contributed by atoms with Crippen LogP contribution in [-0.2, 0) is 0 Å². The van der Waals surface area contributed by atoms with Crippen LogP contribution in [0.25, 0.3) is 0 Å². The molecule has 1 aromatic heterocycles. The van der Waals surface area contributed by atoms with Crippen molar-refractivity contribution < 1.29 is 0 Å². The Balaban J connectivity index is 2.56. The van der Waals surface area contributed by atoms with Crippen LogP contribution in [-0.4, -0.2) is 23.4 Å². The highest BCUT2D eigenvalue weighted by Crippen LogP contribution is 2.04. The molecule has 0 aliphatic heterocycles. The number of hydrazone groups is 1. The molecule has 0 amide bonds. The van der Waals surface area contributed by atoms with E-state index in [0.29, 0.717) is 0 Å². The third kappa shape index (κ3) is 2.60. The Kier molecular flexibility index (Phi) is 3.19.